The lowest BCUT2D eigenvalue weighted by molar-refractivity contribution is -0.134. The topological polar surface area (TPSA) is 62.3 Å². The van der Waals surface area contributed by atoms with Gasteiger partial charge in [-0.15, -0.1) is 23.1 Å². The molecular formula is C17H23N3O2S2. The number of fused-ring (bicyclic) bond motifs is 1. The molecule has 0 fully saturated rings. The van der Waals surface area contributed by atoms with Crippen molar-refractivity contribution in [2.75, 3.05) is 18.8 Å². The fourth-order valence-electron chi connectivity index (χ4n) is 2.22. The Morgan fingerprint density at radius 1 is 1.33 bits per heavy atom. The number of hydrogen-bond acceptors (Lipinski definition) is 5. The summed E-state index contributed by atoms with van der Waals surface area (Å²) in [6.45, 7) is 6.35. The molecule has 1 aromatic carbocycles. The number of rotatable bonds is 8. The van der Waals surface area contributed by atoms with Gasteiger partial charge in [-0.2, -0.15) is 0 Å². The monoisotopic (exact) mass is 365 g/mol. The maximum Gasteiger partial charge on any atom is 0.239 e. The number of carbonyl (C=O) groups excluding carboxylic acids is 2. The van der Waals surface area contributed by atoms with E-state index in [0.29, 0.717) is 18.1 Å². The van der Waals surface area contributed by atoms with Gasteiger partial charge >= 0.3 is 0 Å². The Morgan fingerprint density at radius 3 is 2.75 bits per heavy atom. The Labute approximate surface area is 150 Å². The first kappa shape index (κ1) is 18.7. The van der Waals surface area contributed by atoms with E-state index in [1.54, 1.807) is 16.2 Å². The second-order valence-electron chi connectivity index (χ2n) is 5.70. The Morgan fingerprint density at radius 2 is 2.08 bits per heavy atom. The van der Waals surface area contributed by atoms with Crippen molar-refractivity contribution in [3.8, 4) is 0 Å². The van der Waals surface area contributed by atoms with Crippen LogP contribution >= 0.6 is 23.1 Å². The fourth-order valence-corrected chi connectivity index (χ4v) is 4.16. The van der Waals surface area contributed by atoms with Gasteiger partial charge in [0, 0.05) is 18.3 Å². The lowest BCUT2D eigenvalue weighted by atomic mass is 10.3. The average molecular weight is 366 g/mol. The minimum atomic E-state index is -0.114. The predicted molar refractivity (Wildman–Crippen MR) is 101 cm³/mol. The summed E-state index contributed by atoms with van der Waals surface area (Å²) in [4.78, 5) is 30.2. The van der Waals surface area contributed by atoms with Gasteiger partial charge in [0.25, 0.3) is 0 Å². The van der Waals surface area contributed by atoms with Crippen molar-refractivity contribution in [3.05, 3.63) is 29.3 Å². The van der Waals surface area contributed by atoms with Crippen LogP contribution in [0.25, 0.3) is 10.2 Å². The summed E-state index contributed by atoms with van der Waals surface area (Å²) in [5.41, 5.74) is 1.00. The molecule has 0 bridgehead atoms. The van der Waals surface area contributed by atoms with Crippen molar-refractivity contribution in [2.45, 2.75) is 32.6 Å². The van der Waals surface area contributed by atoms with E-state index in [2.05, 4.69) is 16.4 Å². The molecule has 0 aliphatic heterocycles. The van der Waals surface area contributed by atoms with Crippen molar-refractivity contribution in [1.29, 1.82) is 0 Å². The lowest BCUT2D eigenvalue weighted by Crippen LogP contribution is -2.43. The van der Waals surface area contributed by atoms with Crippen LogP contribution in [0.5, 0.6) is 0 Å². The number of para-hydroxylation sites is 1. The van der Waals surface area contributed by atoms with Crippen LogP contribution in [0.2, 0.25) is 0 Å². The summed E-state index contributed by atoms with van der Waals surface area (Å²) in [7, 11) is 0. The first-order valence-corrected chi connectivity index (χ1v) is 9.96. The van der Waals surface area contributed by atoms with Crippen molar-refractivity contribution in [3.63, 3.8) is 0 Å². The molecule has 0 aliphatic carbocycles. The standard InChI is InChI=1S/C17H23N3O2S2/c1-4-20(9-15(21)18-12(2)3)17(22)11-23-10-16-19-13-7-5-6-8-14(13)24-16/h5-8,12H,4,9-11H2,1-3H3,(H,18,21). The number of carbonyl (C=O) groups is 2. The molecule has 0 radical (unpaired) electrons. The average Bonchev–Trinajstić information content (AvgIpc) is 2.94. The van der Waals surface area contributed by atoms with Crippen LogP contribution < -0.4 is 5.32 Å². The number of amides is 2. The molecule has 0 atom stereocenters. The van der Waals surface area contributed by atoms with E-state index in [9.17, 15) is 9.59 Å². The van der Waals surface area contributed by atoms with E-state index in [-0.39, 0.29) is 24.4 Å². The van der Waals surface area contributed by atoms with Crippen molar-refractivity contribution in [2.24, 2.45) is 0 Å². The number of thioether (sulfide) groups is 1. The van der Waals surface area contributed by atoms with Crippen molar-refractivity contribution >= 4 is 45.1 Å². The summed E-state index contributed by atoms with van der Waals surface area (Å²) in [5.74, 6) is 0.943. The molecule has 1 heterocycles. The summed E-state index contributed by atoms with van der Waals surface area (Å²) in [6.07, 6.45) is 0. The number of benzene rings is 1. The molecular weight excluding hydrogens is 342 g/mol. The third kappa shape index (κ3) is 5.49. The predicted octanol–water partition coefficient (Wildman–Crippen LogP) is 2.90. The van der Waals surface area contributed by atoms with Crippen molar-refractivity contribution < 1.29 is 9.59 Å². The van der Waals surface area contributed by atoms with Gasteiger partial charge in [-0.1, -0.05) is 12.1 Å². The number of aromatic nitrogens is 1. The van der Waals surface area contributed by atoms with Crippen LogP contribution in [0, 0.1) is 0 Å². The lowest BCUT2D eigenvalue weighted by Gasteiger charge is -2.20. The first-order valence-electron chi connectivity index (χ1n) is 7.99. The number of nitrogens with one attached hydrogen (secondary N) is 1. The van der Waals surface area contributed by atoms with Gasteiger partial charge in [-0.25, -0.2) is 4.98 Å². The smallest absolute Gasteiger partial charge is 0.239 e. The van der Waals surface area contributed by atoms with Crippen LogP contribution in [0.3, 0.4) is 0 Å². The molecule has 0 unspecified atom stereocenters. The molecule has 2 aromatic rings. The molecule has 2 amide bonds. The SMILES string of the molecule is CCN(CC(=O)NC(C)C)C(=O)CSCc1nc2ccccc2s1. The number of nitrogens with zero attached hydrogens (tertiary/aromatic N) is 2. The number of thiazole rings is 1. The van der Waals surface area contributed by atoms with E-state index < -0.39 is 0 Å². The zero-order valence-electron chi connectivity index (χ0n) is 14.2. The molecule has 7 heteroatoms. The van der Waals surface area contributed by atoms with Crippen LogP contribution in [-0.2, 0) is 15.3 Å². The first-order chi connectivity index (χ1) is 11.5. The van der Waals surface area contributed by atoms with Crippen LogP contribution in [0.1, 0.15) is 25.8 Å². The highest BCUT2D eigenvalue weighted by molar-refractivity contribution is 7.99. The molecule has 0 saturated heterocycles. The maximum atomic E-state index is 12.3. The van der Waals surface area contributed by atoms with E-state index in [1.807, 2.05) is 39.0 Å². The Bertz CT molecular complexity index is 667. The molecule has 24 heavy (non-hydrogen) atoms. The molecule has 5 nitrogen and oxygen atoms in total. The van der Waals surface area contributed by atoms with E-state index in [4.69, 9.17) is 0 Å². The third-order valence-corrected chi connectivity index (χ3v) is 5.46. The van der Waals surface area contributed by atoms with Gasteiger partial charge in [0.15, 0.2) is 0 Å². The Hall–Kier alpha value is -1.60. The van der Waals surface area contributed by atoms with E-state index in [0.717, 1.165) is 10.5 Å². The zero-order valence-corrected chi connectivity index (χ0v) is 15.9. The number of hydrogen-bond donors (Lipinski definition) is 1. The van der Waals surface area contributed by atoms with Gasteiger partial charge in [-0.3, -0.25) is 9.59 Å². The van der Waals surface area contributed by atoms with Crippen LogP contribution in [0.4, 0.5) is 0 Å². The fraction of sp³-hybridized carbons (Fsp3) is 0.471. The third-order valence-electron chi connectivity index (χ3n) is 3.31. The zero-order chi connectivity index (χ0) is 17.5. The summed E-state index contributed by atoms with van der Waals surface area (Å²) in [6, 6.07) is 8.11. The minimum absolute atomic E-state index is 0.0116. The highest BCUT2D eigenvalue weighted by Gasteiger charge is 2.16. The van der Waals surface area contributed by atoms with Gasteiger partial charge < -0.3 is 10.2 Å². The van der Waals surface area contributed by atoms with Crippen LogP contribution in [-0.4, -0.2) is 46.6 Å². The summed E-state index contributed by atoms with van der Waals surface area (Å²) < 4.78 is 1.17. The molecule has 0 saturated carbocycles. The molecule has 1 aromatic heterocycles. The quantitative estimate of drug-likeness (QED) is 0.781. The van der Waals surface area contributed by atoms with Gasteiger partial charge in [-0.05, 0) is 32.9 Å². The summed E-state index contributed by atoms with van der Waals surface area (Å²) in [5, 5.41) is 3.83. The van der Waals surface area contributed by atoms with Crippen molar-refractivity contribution in [1.82, 2.24) is 15.2 Å². The second kappa shape index (κ2) is 9.03. The molecule has 2 rings (SSSR count). The molecule has 1 N–H and O–H groups in total. The number of likely N-dealkylation sites (N-methyl/N-ethyl adjacent to an activating group) is 1. The van der Waals surface area contributed by atoms with Gasteiger partial charge in [0.2, 0.25) is 11.8 Å². The molecule has 0 aliphatic rings. The van der Waals surface area contributed by atoms with Crippen LogP contribution in [0.15, 0.2) is 24.3 Å². The van der Waals surface area contributed by atoms with E-state index in [1.165, 1.54) is 16.5 Å². The summed E-state index contributed by atoms with van der Waals surface area (Å²) >= 11 is 3.20. The van der Waals surface area contributed by atoms with Gasteiger partial charge in [0.1, 0.15) is 5.01 Å². The highest BCUT2D eigenvalue weighted by atomic mass is 32.2. The second-order valence-corrected chi connectivity index (χ2v) is 7.80. The van der Waals surface area contributed by atoms with E-state index >= 15 is 0 Å². The largest absolute Gasteiger partial charge is 0.352 e. The Balaban J connectivity index is 1.81. The highest BCUT2D eigenvalue weighted by Crippen LogP contribution is 2.24. The maximum absolute atomic E-state index is 12.3. The minimum Gasteiger partial charge on any atom is -0.352 e. The Kier molecular flexibility index (Phi) is 7.05. The molecule has 0 spiro atoms. The van der Waals surface area contributed by atoms with Gasteiger partial charge in [0.05, 0.1) is 22.5 Å². The molecule has 130 valence electrons. The normalized spacial score (nSPS) is 11.0.